The van der Waals surface area contributed by atoms with Crippen LogP contribution in [0.25, 0.3) is 0 Å². The summed E-state index contributed by atoms with van der Waals surface area (Å²) in [6.07, 6.45) is -12.0. The molecule has 1 heterocycles. The van der Waals surface area contributed by atoms with Crippen LogP contribution in [0.15, 0.2) is 0 Å². The Balaban J connectivity index is 3.75. The van der Waals surface area contributed by atoms with Gasteiger partial charge in [-0.1, -0.05) is 0 Å². The smallest absolute Gasteiger partial charge is 0.274 e. The summed E-state index contributed by atoms with van der Waals surface area (Å²) >= 11 is 0. The zero-order valence-electron chi connectivity index (χ0n) is 11.7. The van der Waals surface area contributed by atoms with Gasteiger partial charge in [-0.05, 0) is 0 Å². The first-order chi connectivity index (χ1) is 10.2. The van der Waals surface area contributed by atoms with Gasteiger partial charge in [0.25, 0.3) is 5.91 Å². The van der Waals surface area contributed by atoms with Crippen LogP contribution in [-0.2, 0) is 24.0 Å². The minimum Gasteiger partial charge on any atom is -0.274 e. The molecule has 0 N–H and O–H groups in total. The maximum Gasteiger partial charge on any atom is 0.459 e. The van der Waals surface area contributed by atoms with Gasteiger partial charge in [-0.15, -0.1) is 0 Å². The van der Waals surface area contributed by atoms with Gasteiger partial charge in [0.15, 0.2) is 5.69 Å². The zero-order chi connectivity index (χ0) is 18.4. The van der Waals surface area contributed by atoms with E-state index in [1.165, 1.54) is 0 Å². The first kappa shape index (κ1) is 19.1. The van der Waals surface area contributed by atoms with E-state index in [2.05, 4.69) is 9.94 Å². The number of aryl methyl sites for hydroxylation is 1. The Bertz CT molecular complexity index is 604. The number of halogens is 8. The third-order valence-electron chi connectivity index (χ3n) is 2.75. The highest BCUT2D eigenvalue weighted by molar-refractivity contribution is 5.93. The molecule has 0 saturated carbocycles. The Labute approximate surface area is 123 Å². The second-order valence-electron chi connectivity index (χ2n) is 4.25. The fraction of sp³-hybridized carbons (Fsp3) is 0.600. The molecule has 0 aliphatic carbocycles. The van der Waals surface area contributed by atoms with Crippen LogP contribution in [0, 0.1) is 0 Å². The second-order valence-corrected chi connectivity index (χ2v) is 4.25. The molecule has 0 fully saturated rings. The van der Waals surface area contributed by atoms with E-state index in [0.29, 0.717) is 7.05 Å². The average molecular weight is 355 g/mol. The molecule has 132 valence electrons. The van der Waals surface area contributed by atoms with Crippen molar-refractivity contribution >= 4 is 5.91 Å². The van der Waals surface area contributed by atoms with Gasteiger partial charge < -0.3 is 0 Å². The fourth-order valence-electron chi connectivity index (χ4n) is 1.62. The van der Waals surface area contributed by atoms with E-state index in [-0.39, 0.29) is 9.75 Å². The van der Waals surface area contributed by atoms with Crippen LogP contribution >= 0.6 is 0 Å². The first-order valence-electron chi connectivity index (χ1n) is 5.57. The summed E-state index contributed by atoms with van der Waals surface area (Å²) in [4.78, 5) is 16.1. The third kappa shape index (κ3) is 3.23. The number of carbonyl (C=O) groups is 1. The molecule has 5 nitrogen and oxygen atoms in total. The van der Waals surface area contributed by atoms with E-state index in [9.17, 15) is 39.9 Å². The van der Waals surface area contributed by atoms with Gasteiger partial charge in [-0.25, -0.2) is 5.06 Å². The number of amides is 1. The Morgan fingerprint density at radius 1 is 1.13 bits per heavy atom. The lowest BCUT2D eigenvalue weighted by atomic mass is 10.1. The van der Waals surface area contributed by atoms with Crippen molar-refractivity contribution in [1.29, 1.82) is 0 Å². The highest BCUT2D eigenvalue weighted by Gasteiger charge is 2.64. The van der Waals surface area contributed by atoms with E-state index >= 15 is 0 Å². The predicted octanol–water partition coefficient (Wildman–Crippen LogP) is 2.73. The van der Waals surface area contributed by atoms with Crippen molar-refractivity contribution in [1.82, 2.24) is 14.8 Å². The number of hydrogen-bond donors (Lipinski definition) is 0. The van der Waals surface area contributed by atoms with Crippen molar-refractivity contribution in [3.8, 4) is 0 Å². The summed E-state index contributed by atoms with van der Waals surface area (Å²) in [5.41, 5.74) is -6.59. The summed E-state index contributed by atoms with van der Waals surface area (Å²) in [5, 5.41) is 2.80. The van der Waals surface area contributed by atoms with E-state index in [1.807, 2.05) is 0 Å². The Hall–Kier alpha value is -1.92. The van der Waals surface area contributed by atoms with Crippen LogP contribution in [0.4, 0.5) is 35.1 Å². The average Bonchev–Trinajstić information content (AvgIpc) is 2.73. The standard InChI is InChI=1S/C10H9F8N3O2/c1-20-5(7(22)21(2)23-3)4(9(13,14)15)6(19-20)8(11,12)10(16,17)18/h1-3H3. The van der Waals surface area contributed by atoms with Crippen molar-refractivity contribution in [3.05, 3.63) is 17.0 Å². The SMILES string of the molecule is CON(C)C(=O)c1c(C(F)(F)F)c(C(F)(F)C(F)(F)F)nn1C. The number of nitrogens with zero attached hydrogens (tertiary/aromatic N) is 3. The van der Waals surface area contributed by atoms with Crippen LogP contribution < -0.4 is 0 Å². The minimum atomic E-state index is -6.32. The summed E-state index contributed by atoms with van der Waals surface area (Å²) in [7, 11) is 2.35. The molecule has 0 spiro atoms. The Morgan fingerprint density at radius 3 is 1.96 bits per heavy atom. The summed E-state index contributed by atoms with van der Waals surface area (Å²) in [6, 6.07) is 0. The quantitative estimate of drug-likeness (QED) is 0.619. The van der Waals surface area contributed by atoms with E-state index in [0.717, 1.165) is 14.2 Å². The molecule has 1 aromatic rings. The molecule has 0 saturated heterocycles. The van der Waals surface area contributed by atoms with Gasteiger partial charge in [-0.2, -0.15) is 40.2 Å². The van der Waals surface area contributed by atoms with Crippen LogP contribution in [0.2, 0.25) is 0 Å². The molecule has 0 aromatic carbocycles. The van der Waals surface area contributed by atoms with Gasteiger partial charge in [0.05, 0.1) is 7.11 Å². The predicted molar refractivity (Wildman–Crippen MR) is 57.3 cm³/mol. The lowest BCUT2D eigenvalue weighted by Crippen LogP contribution is -2.36. The third-order valence-corrected chi connectivity index (χ3v) is 2.75. The number of alkyl halides is 8. The Kier molecular flexibility index (Phi) is 4.67. The molecule has 0 unspecified atom stereocenters. The molecule has 23 heavy (non-hydrogen) atoms. The zero-order valence-corrected chi connectivity index (χ0v) is 11.7. The van der Waals surface area contributed by atoms with Crippen molar-refractivity contribution in [2.24, 2.45) is 7.05 Å². The van der Waals surface area contributed by atoms with E-state index in [4.69, 9.17) is 0 Å². The van der Waals surface area contributed by atoms with Crippen molar-refractivity contribution < 1.29 is 44.8 Å². The summed E-state index contributed by atoms with van der Waals surface area (Å²) in [6.45, 7) is 0. The summed E-state index contributed by atoms with van der Waals surface area (Å²) < 4.78 is 103. The van der Waals surface area contributed by atoms with Crippen molar-refractivity contribution in [3.63, 3.8) is 0 Å². The lowest BCUT2D eigenvalue weighted by molar-refractivity contribution is -0.292. The van der Waals surface area contributed by atoms with Gasteiger partial charge in [-0.3, -0.25) is 14.3 Å². The number of aromatic nitrogens is 2. The number of rotatable bonds is 3. The van der Waals surface area contributed by atoms with E-state index < -0.39 is 41.1 Å². The second kappa shape index (κ2) is 5.62. The minimum absolute atomic E-state index is 0.00431. The molecule has 1 amide bonds. The van der Waals surface area contributed by atoms with Crippen LogP contribution in [0.3, 0.4) is 0 Å². The maximum absolute atomic E-state index is 13.3. The van der Waals surface area contributed by atoms with E-state index in [1.54, 1.807) is 0 Å². The molecule has 1 rings (SSSR count). The highest BCUT2D eigenvalue weighted by Crippen LogP contribution is 2.48. The first-order valence-corrected chi connectivity index (χ1v) is 5.57. The molecule has 13 heteroatoms. The van der Waals surface area contributed by atoms with Gasteiger partial charge in [0.1, 0.15) is 11.3 Å². The van der Waals surface area contributed by atoms with Gasteiger partial charge in [0.2, 0.25) is 0 Å². The topological polar surface area (TPSA) is 47.4 Å². The van der Waals surface area contributed by atoms with Crippen molar-refractivity contribution in [2.75, 3.05) is 14.2 Å². The molecular formula is C10H9F8N3O2. The number of hydroxylamine groups is 2. The molecular weight excluding hydrogens is 346 g/mol. The summed E-state index contributed by atoms with van der Waals surface area (Å²) in [5.74, 6) is -7.50. The largest absolute Gasteiger partial charge is 0.459 e. The normalized spacial score (nSPS) is 13.3. The molecule has 0 radical (unpaired) electrons. The molecule has 0 bridgehead atoms. The molecule has 0 aliphatic rings. The lowest BCUT2D eigenvalue weighted by Gasteiger charge is -2.20. The number of hydrogen-bond acceptors (Lipinski definition) is 3. The monoisotopic (exact) mass is 355 g/mol. The van der Waals surface area contributed by atoms with Crippen LogP contribution in [0.1, 0.15) is 21.7 Å². The molecule has 0 atom stereocenters. The maximum atomic E-state index is 13.3. The van der Waals surface area contributed by atoms with Gasteiger partial charge in [0, 0.05) is 14.1 Å². The highest BCUT2D eigenvalue weighted by atomic mass is 19.4. The van der Waals surface area contributed by atoms with Crippen LogP contribution in [-0.4, -0.2) is 41.1 Å². The Morgan fingerprint density at radius 2 is 1.61 bits per heavy atom. The molecule has 0 aliphatic heterocycles. The van der Waals surface area contributed by atoms with Gasteiger partial charge >= 0.3 is 18.3 Å². The van der Waals surface area contributed by atoms with Crippen LogP contribution in [0.5, 0.6) is 0 Å². The van der Waals surface area contributed by atoms with Crippen molar-refractivity contribution in [2.45, 2.75) is 18.3 Å². The fourth-order valence-corrected chi connectivity index (χ4v) is 1.62. The number of carbonyl (C=O) groups excluding carboxylic acids is 1. The molecule has 1 aromatic heterocycles.